The Balaban J connectivity index is -0.000000142. The van der Waals surface area contributed by atoms with Gasteiger partial charge in [0.1, 0.15) is 6.29 Å². The predicted octanol–water partition coefficient (Wildman–Crippen LogP) is -3.53. The van der Waals surface area contributed by atoms with E-state index in [2.05, 4.69) is 0 Å². The zero-order valence-corrected chi connectivity index (χ0v) is 9.49. The van der Waals surface area contributed by atoms with Gasteiger partial charge in [0.25, 0.3) is 0 Å². The number of aliphatic hydroxyl groups is 1. The van der Waals surface area contributed by atoms with Crippen LogP contribution in [0.4, 0.5) is 0 Å². The third-order valence-electron chi connectivity index (χ3n) is 0.510. The molecule has 2 N–H and O–H groups in total. The number of rotatable bonds is 3. The van der Waals surface area contributed by atoms with E-state index in [1.807, 2.05) is 0 Å². The summed E-state index contributed by atoms with van der Waals surface area (Å²) in [6, 6.07) is 0. The molecule has 0 spiro atoms. The van der Waals surface area contributed by atoms with Crippen molar-refractivity contribution in [2.75, 3.05) is 6.61 Å². The van der Waals surface area contributed by atoms with Gasteiger partial charge in [-0.05, 0) is 12.5 Å². The zero-order valence-electron chi connectivity index (χ0n) is 6.67. The first-order valence-corrected chi connectivity index (χ1v) is 3.67. The van der Waals surface area contributed by atoms with Crippen LogP contribution in [0.5, 0.6) is 0 Å². The minimum Gasteiger partial charge on any atom is -0.750 e. The van der Waals surface area contributed by atoms with Crippen LogP contribution < -0.4 is 29.6 Å². The van der Waals surface area contributed by atoms with Gasteiger partial charge in [-0.15, -0.1) is 0 Å². The van der Waals surface area contributed by atoms with Crippen LogP contribution in [0, 0.1) is 0 Å². The Morgan fingerprint density at radius 1 is 1.50 bits per heavy atom. The predicted molar refractivity (Wildman–Crippen MR) is 38.5 cm³/mol. The van der Waals surface area contributed by atoms with E-state index < -0.39 is 11.4 Å². The normalized spacial score (nSPS) is 10.9. The molecule has 0 aromatic rings. The third-order valence-corrected chi connectivity index (χ3v) is 0.510. The Hall–Kier alpha value is 0.440. The van der Waals surface area contributed by atoms with Gasteiger partial charge in [-0.25, -0.2) is 4.21 Å². The largest absolute Gasteiger partial charge is 1.00 e. The SMILES string of the molecule is O=CC=CCCO.O=S([O-])O.[Na+]. The van der Waals surface area contributed by atoms with Gasteiger partial charge >= 0.3 is 29.6 Å². The summed E-state index contributed by atoms with van der Waals surface area (Å²) in [7, 11) is 0. The molecule has 0 saturated heterocycles. The van der Waals surface area contributed by atoms with Crippen LogP contribution in [0.1, 0.15) is 6.42 Å². The number of carbonyl (C=O) groups is 1. The Morgan fingerprint density at radius 2 is 1.92 bits per heavy atom. The smallest absolute Gasteiger partial charge is 0.750 e. The van der Waals surface area contributed by atoms with E-state index in [4.69, 9.17) is 18.4 Å². The fourth-order valence-corrected chi connectivity index (χ4v) is 0.226. The molecule has 5 nitrogen and oxygen atoms in total. The van der Waals surface area contributed by atoms with Crippen molar-refractivity contribution in [3.8, 4) is 0 Å². The van der Waals surface area contributed by atoms with E-state index in [1.165, 1.54) is 6.08 Å². The second kappa shape index (κ2) is 17.5. The average Bonchev–Trinajstić information content (AvgIpc) is 1.88. The number of carbonyl (C=O) groups excluding carboxylic acids is 1. The molecule has 0 aliphatic rings. The van der Waals surface area contributed by atoms with Gasteiger partial charge in [-0.2, -0.15) is 0 Å². The molecular formula is C5H9NaO5S. The van der Waals surface area contributed by atoms with Crippen molar-refractivity contribution in [1.29, 1.82) is 0 Å². The maximum Gasteiger partial charge on any atom is 1.00 e. The van der Waals surface area contributed by atoms with Crippen molar-refractivity contribution < 1.29 is 52.8 Å². The molecule has 0 aliphatic heterocycles. The van der Waals surface area contributed by atoms with E-state index >= 15 is 0 Å². The van der Waals surface area contributed by atoms with Gasteiger partial charge in [-0.3, -0.25) is 4.79 Å². The summed E-state index contributed by atoms with van der Waals surface area (Å²) in [5, 5.41) is 8.13. The zero-order chi connectivity index (χ0) is 9.11. The van der Waals surface area contributed by atoms with E-state index in [1.54, 1.807) is 6.08 Å². The third kappa shape index (κ3) is 47.2. The van der Waals surface area contributed by atoms with Crippen molar-refractivity contribution in [2.45, 2.75) is 6.42 Å². The maximum absolute atomic E-state index is 9.51. The van der Waals surface area contributed by atoms with Gasteiger partial charge in [0.2, 0.25) is 0 Å². The molecule has 0 aromatic heterocycles. The molecule has 0 saturated carbocycles. The Kier molecular flexibility index (Phi) is 26.6. The Labute approximate surface area is 95.3 Å². The van der Waals surface area contributed by atoms with Crippen LogP contribution in [0.15, 0.2) is 12.2 Å². The van der Waals surface area contributed by atoms with E-state index in [-0.39, 0.29) is 36.2 Å². The van der Waals surface area contributed by atoms with E-state index in [0.717, 1.165) is 0 Å². The van der Waals surface area contributed by atoms with E-state index in [9.17, 15) is 4.79 Å². The van der Waals surface area contributed by atoms with Crippen molar-refractivity contribution in [3.63, 3.8) is 0 Å². The number of allylic oxidation sites excluding steroid dienone is 1. The Bertz CT molecular complexity index is 134. The van der Waals surface area contributed by atoms with Crippen LogP contribution in [0.3, 0.4) is 0 Å². The van der Waals surface area contributed by atoms with Crippen LogP contribution in [-0.4, -0.2) is 31.3 Å². The van der Waals surface area contributed by atoms with Gasteiger partial charge in [-0.1, -0.05) is 6.08 Å². The molecule has 0 amide bonds. The summed E-state index contributed by atoms with van der Waals surface area (Å²) in [4.78, 5) is 9.51. The van der Waals surface area contributed by atoms with Crippen LogP contribution in [-0.2, 0) is 16.2 Å². The second-order valence-electron chi connectivity index (χ2n) is 1.29. The molecule has 0 radical (unpaired) electrons. The molecule has 66 valence electrons. The van der Waals surface area contributed by atoms with Gasteiger partial charge in [0, 0.05) is 6.61 Å². The maximum atomic E-state index is 9.51. The summed E-state index contributed by atoms with van der Waals surface area (Å²) >= 11 is -2.86. The summed E-state index contributed by atoms with van der Waals surface area (Å²) in [6.07, 6.45) is 4.25. The van der Waals surface area contributed by atoms with Gasteiger partial charge in [0.05, 0.1) is 11.4 Å². The molecule has 0 heterocycles. The molecule has 0 fully saturated rings. The summed E-state index contributed by atoms with van der Waals surface area (Å²) in [5.74, 6) is 0. The molecule has 0 rings (SSSR count). The number of hydrogen-bond acceptors (Lipinski definition) is 4. The van der Waals surface area contributed by atoms with Crippen molar-refractivity contribution in [3.05, 3.63) is 12.2 Å². The standard InChI is InChI=1S/C5H8O2.Na.H2O3S/c6-4-2-1-3-5-7;;1-4(2)3/h1-2,4,7H,3,5H2;;(H2,1,2,3)/q;+1;/p-1. The first-order chi connectivity index (χ1) is 5.15. The summed E-state index contributed by atoms with van der Waals surface area (Å²) in [5.41, 5.74) is 0. The first-order valence-electron chi connectivity index (χ1n) is 2.64. The van der Waals surface area contributed by atoms with Crippen LogP contribution >= 0.6 is 0 Å². The van der Waals surface area contributed by atoms with Crippen molar-refractivity contribution >= 4 is 17.6 Å². The van der Waals surface area contributed by atoms with E-state index in [0.29, 0.717) is 12.7 Å². The molecule has 0 aliphatic carbocycles. The molecule has 1 unspecified atom stereocenters. The minimum absolute atomic E-state index is 0. The first kappa shape index (κ1) is 18.3. The summed E-state index contributed by atoms with van der Waals surface area (Å²) in [6.45, 7) is 0.115. The van der Waals surface area contributed by atoms with Crippen LogP contribution in [0.2, 0.25) is 0 Å². The molecule has 0 aromatic carbocycles. The minimum atomic E-state index is -2.86. The number of aliphatic hydroxyl groups excluding tert-OH is 1. The second-order valence-corrected chi connectivity index (χ2v) is 1.73. The number of hydrogen-bond donors (Lipinski definition) is 2. The molecule has 1 atom stereocenters. The average molecular weight is 204 g/mol. The fourth-order valence-electron chi connectivity index (χ4n) is 0.226. The summed E-state index contributed by atoms with van der Waals surface area (Å²) < 4.78 is 24.1. The molecular weight excluding hydrogens is 195 g/mol. The number of aldehydes is 1. The fraction of sp³-hybridized carbons (Fsp3) is 0.400. The van der Waals surface area contributed by atoms with Crippen LogP contribution in [0.25, 0.3) is 0 Å². The molecule has 7 heteroatoms. The quantitative estimate of drug-likeness (QED) is 0.215. The topological polar surface area (TPSA) is 97.7 Å². The van der Waals surface area contributed by atoms with Gasteiger partial charge < -0.3 is 14.2 Å². The molecule has 12 heavy (non-hydrogen) atoms. The Morgan fingerprint density at radius 3 is 2.17 bits per heavy atom. The van der Waals surface area contributed by atoms with Crippen molar-refractivity contribution in [1.82, 2.24) is 0 Å². The monoisotopic (exact) mass is 204 g/mol. The van der Waals surface area contributed by atoms with Crippen molar-refractivity contribution in [2.24, 2.45) is 0 Å². The van der Waals surface area contributed by atoms with Gasteiger partial charge in [0.15, 0.2) is 0 Å². The molecule has 0 bridgehead atoms.